The maximum Gasteiger partial charge on any atom is 0.500 e. The first-order chi connectivity index (χ1) is 8.34. The van der Waals surface area contributed by atoms with Crippen molar-refractivity contribution in [1.29, 1.82) is 0 Å². The molecule has 0 aliphatic carbocycles. The van der Waals surface area contributed by atoms with Crippen LogP contribution in [0.3, 0.4) is 0 Å². The van der Waals surface area contributed by atoms with Crippen LogP contribution in [0.25, 0.3) is 0 Å². The normalized spacial score (nSPS) is 16.6. The SMILES string of the molecule is CO[Si](OC)(OC)C(C)[Si](C)(C)[Si](C)(C)[Si](C)(C)C. The van der Waals surface area contributed by atoms with Gasteiger partial charge in [-0.3, -0.25) is 0 Å². The standard InChI is InChI=1S/C12H34O3Si4/c1-12(19(13-2,14-3)15-4)17(8,9)18(10,11)16(5,6)7/h12H,1-11H3. The van der Waals surface area contributed by atoms with Gasteiger partial charge in [-0.25, -0.2) is 0 Å². The number of hydrogen-bond donors (Lipinski definition) is 0. The van der Waals surface area contributed by atoms with Crippen LogP contribution in [-0.2, 0) is 13.3 Å². The maximum absolute atomic E-state index is 5.76. The quantitative estimate of drug-likeness (QED) is 0.662. The van der Waals surface area contributed by atoms with Gasteiger partial charge >= 0.3 is 8.80 Å². The fraction of sp³-hybridized carbons (Fsp3) is 1.00. The van der Waals surface area contributed by atoms with Gasteiger partial charge in [-0.15, -0.1) is 0 Å². The molecule has 0 aliphatic rings. The van der Waals surface area contributed by atoms with Gasteiger partial charge in [0.25, 0.3) is 0 Å². The van der Waals surface area contributed by atoms with E-state index in [1.165, 1.54) is 0 Å². The molecule has 0 saturated heterocycles. The Kier molecular flexibility index (Phi) is 6.49. The second-order valence-corrected chi connectivity index (χ2v) is 40.8. The molecule has 0 spiro atoms. The predicted octanol–water partition coefficient (Wildman–Crippen LogP) is 3.71. The molecule has 0 rings (SSSR count). The van der Waals surface area contributed by atoms with Crippen LogP contribution in [0, 0.1) is 0 Å². The lowest BCUT2D eigenvalue weighted by molar-refractivity contribution is 0.120. The molecule has 0 bridgehead atoms. The highest BCUT2D eigenvalue weighted by Crippen LogP contribution is 2.41. The minimum atomic E-state index is -2.53. The first kappa shape index (κ1) is 19.7. The van der Waals surface area contributed by atoms with E-state index < -0.39 is 31.1 Å². The van der Waals surface area contributed by atoms with E-state index in [2.05, 4.69) is 52.8 Å². The van der Waals surface area contributed by atoms with Gasteiger partial charge in [0.1, 0.15) is 0 Å². The van der Waals surface area contributed by atoms with E-state index in [1.54, 1.807) is 21.3 Å². The largest absolute Gasteiger partial charge is 0.500 e. The predicted molar refractivity (Wildman–Crippen MR) is 94.5 cm³/mol. The van der Waals surface area contributed by atoms with Gasteiger partial charge in [-0.2, -0.15) is 0 Å². The minimum Gasteiger partial charge on any atom is -0.377 e. The van der Waals surface area contributed by atoms with Crippen molar-refractivity contribution in [3.8, 4) is 0 Å². The summed E-state index contributed by atoms with van der Waals surface area (Å²) in [6.07, 6.45) is 0. The molecule has 0 fully saturated rings. The van der Waals surface area contributed by atoms with Crippen LogP contribution in [-0.4, -0.2) is 52.4 Å². The zero-order valence-corrected chi connectivity index (χ0v) is 18.8. The van der Waals surface area contributed by atoms with Gasteiger partial charge in [0, 0.05) is 48.8 Å². The van der Waals surface area contributed by atoms with E-state index >= 15 is 0 Å². The van der Waals surface area contributed by atoms with Gasteiger partial charge in [0.2, 0.25) is 0 Å². The Morgan fingerprint density at radius 1 is 0.684 bits per heavy atom. The Labute approximate surface area is 124 Å². The molecule has 0 aromatic rings. The number of hydrogen-bond acceptors (Lipinski definition) is 3. The first-order valence-electron chi connectivity index (χ1n) is 6.99. The van der Waals surface area contributed by atoms with E-state index in [0.29, 0.717) is 5.16 Å². The molecule has 0 amide bonds. The maximum atomic E-state index is 5.76. The molecule has 19 heavy (non-hydrogen) atoms. The van der Waals surface area contributed by atoms with Crippen molar-refractivity contribution in [2.24, 2.45) is 0 Å². The molecule has 1 unspecified atom stereocenters. The molecule has 0 aromatic heterocycles. The third-order valence-corrected chi connectivity index (χ3v) is 56.7. The van der Waals surface area contributed by atoms with Crippen LogP contribution >= 0.6 is 0 Å². The van der Waals surface area contributed by atoms with Crippen molar-refractivity contribution in [3.63, 3.8) is 0 Å². The summed E-state index contributed by atoms with van der Waals surface area (Å²) in [5.74, 6) is 0. The van der Waals surface area contributed by atoms with E-state index in [9.17, 15) is 0 Å². The van der Waals surface area contributed by atoms with Crippen molar-refractivity contribution in [2.45, 2.75) is 57.9 Å². The summed E-state index contributed by atoms with van der Waals surface area (Å²) >= 11 is 0. The van der Waals surface area contributed by atoms with Crippen molar-refractivity contribution in [3.05, 3.63) is 0 Å². The molecule has 0 aliphatic heterocycles. The summed E-state index contributed by atoms with van der Waals surface area (Å²) in [6.45, 7) is 20.1. The highest BCUT2D eigenvalue weighted by Gasteiger charge is 2.60. The average molecular weight is 339 g/mol. The van der Waals surface area contributed by atoms with Crippen molar-refractivity contribution in [1.82, 2.24) is 0 Å². The zero-order chi connectivity index (χ0) is 15.7. The van der Waals surface area contributed by atoms with Gasteiger partial charge in [-0.1, -0.05) is 52.8 Å². The topological polar surface area (TPSA) is 27.7 Å². The Morgan fingerprint density at radius 2 is 1.00 bits per heavy atom. The lowest BCUT2D eigenvalue weighted by Gasteiger charge is -2.52. The molecule has 116 valence electrons. The van der Waals surface area contributed by atoms with Crippen LogP contribution in [0.5, 0.6) is 0 Å². The Morgan fingerprint density at radius 3 is 1.21 bits per heavy atom. The monoisotopic (exact) mass is 338 g/mol. The van der Waals surface area contributed by atoms with Crippen LogP contribution < -0.4 is 0 Å². The van der Waals surface area contributed by atoms with Gasteiger partial charge in [0.15, 0.2) is 0 Å². The van der Waals surface area contributed by atoms with Crippen LogP contribution in [0.15, 0.2) is 0 Å². The van der Waals surface area contributed by atoms with Crippen LogP contribution in [0.4, 0.5) is 0 Å². The highest BCUT2D eigenvalue weighted by molar-refractivity contribution is 7.69. The van der Waals surface area contributed by atoms with Gasteiger partial charge in [-0.05, 0) is 0 Å². The molecule has 3 nitrogen and oxygen atoms in total. The van der Waals surface area contributed by atoms with E-state index in [1.807, 2.05) is 0 Å². The Balaban J connectivity index is 5.65. The fourth-order valence-electron chi connectivity index (χ4n) is 2.73. The summed E-state index contributed by atoms with van der Waals surface area (Å²) < 4.78 is 17.3. The fourth-order valence-corrected chi connectivity index (χ4v) is 46.4. The van der Waals surface area contributed by atoms with Crippen molar-refractivity contribution in [2.75, 3.05) is 21.3 Å². The zero-order valence-electron chi connectivity index (χ0n) is 14.8. The van der Waals surface area contributed by atoms with Gasteiger partial charge in [0.05, 0.1) is 0 Å². The summed E-state index contributed by atoms with van der Waals surface area (Å²) in [7, 11) is -1.21. The molecular formula is C12H34O3Si4. The summed E-state index contributed by atoms with van der Waals surface area (Å²) in [5.41, 5.74) is 0. The summed E-state index contributed by atoms with van der Waals surface area (Å²) in [4.78, 5) is 0. The lowest BCUT2D eigenvalue weighted by atomic mass is 10.9. The minimum absolute atomic E-state index is 0.438. The molecular weight excluding hydrogens is 304 g/mol. The Bertz CT molecular complexity index is 288. The van der Waals surface area contributed by atoms with E-state index in [4.69, 9.17) is 13.3 Å². The highest BCUT2D eigenvalue weighted by atomic mass is 29.6. The molecule has 1 atom stereocenters. The molecule has 0 saturated carbocycles. The second kappa shape index (κ2) is 6.25. The molecule has 0 heterocycles. The van der Waals surface area contributed by atoms with Crippen LogP contribution in [0.2, 0.25) is 51.0 Å². The second-order valence-electron chi connectivity index (χ2n) is 7.53. The summed E-state index contributed by atoms with van der Waals surface area (Å²) in [5, 5.41) is 0.438. The van der Waals surface area contributed by atoms with E-state index in [0.717, 1.165) is 0 Å². The Hall–Kier alpha value is 0.748. The molecule has 0 aromatic carbocycles. The average Bonchev–Trinajstić information content (AvgIpc) is 2.30. The van der Waals surface area contributed by atoms with E-state index in [-0.39, 0.29) is 0 Å². The molecule has 7 heteroatoms. The van der Waals surface area contributed by atoms with Crippen molar-refractivity contribution >= 4 is 31.1 Å². The first-order valence-corrected chi connectivity index (χ1v) is 20.4. The lowest BCUT2D eigenvalue weighted by Crippen LogP contribution is -2.74. The van der Waals surface area contributed by atoms with Gasteiger partial charge < -0.3 is 13.3 Å². The third-order valence-electron chi connectivity index (χ3n) is 5.95. The smallest absolute Gasteiger partial charge is 0.377 e. The molecule has 0 N–H and O–H groups in total. The van der Waals surface area contributed by atoms with Crippen molar-refractivity contribution < 1.29 is 13.3 Å². The summed E-state index contributed by atoms with van der Waals surface area (Å²) in [6, 6.07) is 0. The molecule has 0 radical (unpaired) electrons. The van der Waals surface area contributed by atoms with Crippen LogP contribution in [0.1, 0.15) is 6.92 Å². The number of rotatable bonds is 7. The third kappa shape index (κ3) is 3.33.